The number of carboxylic acid groups (broad SMARTS) is 2. The molecule has 3 rings (SSSR count). The van der Waals surface area contributed by atoms with Crippen LogP contribution in [0.1, 0.15) is 40.0 Å². The average Bonchev–Trinajstić information content (AvgIpc) is 2.73. The minimum atomic E-state index is -0.949. The van der Waals surface area contributed by atoms with E-state index in [1.807, 2.05) is 11.5 Å². The van der Waals surface area contributed by atoms with E-state index < -0.39 is 11.9 Å². The first kappa shape index (κ1) is 13.7. The van der Waals surface area contributed by atoms with Gasteiger partial charge in [-0.05, 0) is 55.9 Å². The molecule has 0 spiro atoms. The Morgan fingerprint density at radius 3 is 2.57 bits per heavy atom. The summed E-state index contributed by atoms with van der Waals surface area (Å²) in [5.74, 6) is -1.82. The van der Waals surface area contributed by atoms with Crippen molar-refractivity contribution >= 4 is 22.8 Å². The van der Waals surface area contributed by atoms with Crippen LogP contribution in [-0.2, 0) is 24.2 Å². The summed E-state index contributed by atoms with van der Waals surface area (Å²) in [6, 6.07) is 3.31. The molecule has 0 saturated carbocycles. The molecule has 21 heavy (non-hydrogen) atoms. The molecule has 0 bridgehead atoms. The van der Waals surface area contributed by atoms with Crippen molar-refractivity contribution in [3.8, 4) is 0 Å². The number of aryl methyl sites for hydroxylation is 2. The fourth-order valence-electron chi connectivity index (χ4n) is 3.41. The maximum atomic E-state index is 11.2. The summed E-state index contributed by atoms with van der Waals surface area (Å²) in [6.45, 7) is 1.78. The summed E-state index contributed by atoms with van der Waals surface area (Å²) in [5, 5.41) is 19.3. The van der Waals surface area contributed by atoms with Gasteiger partial charge in [0.15, 0.2) is 0 Å². The number of carboxylic acids is 2. The number of hydrogen-bond acceptors (Lipinski definition) is 2. The molecule has 0 atom stereocenters. The highest BCUT2D eigenvalue weighted by Gasteiger charge is 2.23. The van der Waals surface area contributed by atoms with Gasteiger partial charge in [0.05, 0.1) is 11.1 Å². The maximum Gasteiger partial charge on any atom is 0.335 e. The van der Waals surface area contributed by atoms with E-state index >= 15 is 0 Å². The second-order valence-electron chi connectivity index (χ2n) is 5.61. The van der Waals surface area contributed by atoms with Crippen molar-refractivity contribution in [2.75, 3.05) is 0 Å². The second-order valence-corrected chi connectivity index (χ2v) is 5.61. The van der Waals surface area contributed by atoms with Gasteiger partial charge in [0.2, 0.25) is 0 Å². The van der Waals surface area contributed by atoms with Crippen LogP contribution in [0.3, 0.4) is 0 Å². The standard InChI is InChI=1S/C16H17NO4/c1-9-6-10(16(20)21)7-12-11-4-2-3-5-13(11)17(15(9)12)8-14(18)19/h6-7H,2-5,8H2,1H3,(H,18,19)(H,20,21). The Morgan fingerprint density at radius 2 is 1.90 bits per heavy atom. The van der Waals surface area contributed by atoms with Gasteiger partial charge in [0.25, 0.3) is 0 Å². The Balaban J connectivity index is 2.35. The molecule has 1 aromatic carbocycles. The molecule has 5 nitrogen and oxygen atoms in total. The SMILES string of the molecule is Cc1cc(C(=O)O)cc2c3c(n(CC(=O)O)c12)CCCC3. The van der Waals surface area contributed by atoms with Crippen molar-refractivity contribution in [3.63, 3.8) is 0 Å². The van der Waals surface area contributed by atoms with Crippen LogP contribution in [0, 0.1) is 6.92 Å². The van der Waals surface area contributed by atoms with Crippen LogP contribution in [0.25, 0.3) is 10.9 Å². The molecular formula is C16H17NO4. The lowest BCUT2D eigenvalue weighted by Gasteiger charge is -2.14. The molecule has 0 saturated heterocycles. The van der Waals surface area contributed by atoms with Crippen LogP contribution in [0.2, 0.25) is 0 Å². The van der Waals surface area contributed by atoms with Gasteiger partial charge in [-0.2, -0.15) is 0 Å². The Kier molecular flexibility index (Phi) is 3.20. The van der Waals surface area contributed by atoms with Gasteiger partial charge in [-0.25, -0.2) is 4.79 Å². The maximum absolute atomic E-state index is 11.2. The highest BCUT2D eigenvalue weighted by Crippen LogP contribution is 2.34. The molecule has 2 N–H and O–H groups in total. The van der Waals surface area contributed by atoms with Crippen molar-refractivity contribution in [2.24, 2.45) is 0 Å². The number of aromatic carboxylic acids is 1. The number of fused-ring (bicyclic) bond motifs is 3. The molecular weight excluding hydrogens is 270 g/mol. The second kappa shape index (κ2) is 4.91. The third-order valence-corrected chi connectivity index (χ3v) is 4.20. The minimum Gasteiger partial charge on any atom is -0.480 e. The van der Waals surface area contributed by atoms with Crippen molar-refractivity contribution < 1.29 is 19.8 Å². The first-order valence-electron chi connectivity index (χ1n) is 7.08. The van der Waals surface area contributed by atoms with E-state index in [1.54, 1.807) is 12.1 Å². The predicted octanol–water partition coefficient (Wildman–Crippen LogP) is 2.61. The number of nitrogens with zero attached hydrogens (tertiary/aromatic N) is 1. The zero-order chi connectivity index (χ0) is 15.1. The Bertz CT molecular complexity index is 757. The summed E-state index contributed by atoms with van der Waals surface area (Å²) in [6.07, 6.45) is 3.86. The van der Waals surface area contributed by atoms with Crippen LogP contribution in [0.15, 0.2) is 12.1 Å². The van der Waals surface area contributed by atoms with Crippen molar-refractivity contribution in [1.29, 1.82) is 0 Å². The van der Waals surface area contributed by atoms with Gasteiger partial charge in [-0.15, -0.1) is 0 Å². The molecule has 5 heteroatoms. The molecule has 110 valence electrons. The molecule has 0 amide bonds. The van der Waals surface area contributed by atoms with Crippen LogP contribution >= 0.6 is 0 Å². The molecule has 0 fully saturated rings. The summed E-state index contributed by atoms with van der Waals surface area (Å²) in [4.78, 5) is 22.4. The van der Waals surface area contributed by atoms with E-state index in [4.69, 9.17) is 5.11 Å². The van der Waals surface area contributed by atoms with Crippen LogP contribution < -0.4 is 0 Å². The van der Waals surface area contributed by atoms with E-state index in [0.717, 1.165) is 53.4 Å². The Morgan fingerprint density at radius 1 is 1.19 bits per heavy atom. The molecule has 1 aliphatic rings. The summed E-state index contributed by atoms with van der Waals surface area (Å²) in [7, 11) is 0. The number of benzene rings is 1. The van der Waals surface area contributed by atoms with Gasteiger partial charge in [-0.1, -0.05) is 0 Å². The monoisotopic (exact) mass is 287 g/mol. The van der Waals surface area contributed by atoms with E-state index in [9.17, 15) is 14.7 Å². The highest BCUT2D eigenvalue weighted by molar-refractivity contribution is 5.97. The van der Waals surface area contributed by atoms with Crippen LogP contribution in [-0.4, -0.2) is 26.7 Å². The number of aromatic nitrogens is 1. The lowest BCUT2D eigenvalue weighted by Crippen LogP contribution is -2.14. The molecule has 0 unspecified atom stereocenters. The number of carbonyl (C=O) groups is 2. The third kappa shape index (κ3) is 2.18. The molecule has 0 radical (unpaired) electrons. The third-order valence-electron chi connectivity index (χ3n) is 4.20. The zero-order valence-electron chi connectivity index (χ0n) is 11.8. The zero-order valence-corrected chi connectivity index (χ0v) is 11.8. The van der Waals surface area contributed by atoms with Crippen LogP contribution in [0.4, 0.5) is 0 Å². The minimum absolute atomic E-state index is 0.0703. The topological polar surface area (TPSA) is 79.5 Å². The van der Waals surface area contributed by atoms with E-state index in [2.05, 4.69) is 0 Å². The molecule has 1 aromatic heterocycles. The summed E-state index contributed by atoms with van der Waals surface area (Å²) >= 11 is 0. The molecule has 1 aliphatic carbocycles. The first-order chi connectivity index (χ1) is 9.99. The molecule has 2 aromatic rings. The Hall–Kier alpha value is -2.30. The predicted molar refractivity (Wildman–Crippen MR) is 77.9 cm³/mol. The number of aliphatic carboxylic acids is 1. The quantitative estimate of drug-likeness (QED) is 0.909. The normalized spacial score (nSPS) is 14.1. The van der Waals surface area contributed by atoms with Gasteiger partial charge in [-0.3, -0.25) is 4.79 Å². The highest BCUT2D eigenvalue weighted by atomic mass is 16.4. The number of rotatable bonds is 3. The van der Waals surface area contributed by atoms with E-state index in [0.29, 0.717) is 0 Å². The number of hydrogen-bond donors (Lipinski definition) is 2. The van der Waals surface area contributed by atoms with E-state index in [-0.39, 0.29) is 12.1 Å². The fraction of sp³-hybridized carbons (Fsp3) is 0.375. The first-order valence-corrected chi connectivity index (χ1v) is 7.08. The van der Waals surface area contributed by atoms with Crippen molar-refractivity contribution in [2.45, 2.75) is 39.2 Å². The smallest absolute Gasteiger partial charge is 0.335 e. The van der Waals surface area contributed by atoms with Crippen molar-refractivity contribution in [1.82, 2.24) is 4.57 Å². The summed E-state index contributed by atoms with van der Waals surface area (Å²) < 4.78 is 1.85. The average molecular weight is 287 g/mol. The molecule has 1 heterocycles. The Labute approximate surface area is 121 Å². The van der Waals surface area contributed by atoms with Gasteiger partial charge in [0, 0.05) is 11.1 Å². The van der Waals surface area contributed by atoms with Crippen molar-refractivity contribution in [3.05, 3.63) is 34.5 Å². The van der Waals surface area contributed by atoms with E-state index in [1.165, 1.54) is 0 Å². The lowest BCUT2D eigenvalue weighted by atomic mass is 9.94. The largest absolute Gasteiger partial charge is 0.480 e. The van der Waals surface area contributed by atoms with Gasteiger partial charge < -0.3 is 14.8 Å². The fourth-order valence-corrected chi connectivity index (χ4v) is 3.41. The van der Waals surface area contributed by atoms with Crippen LogP contribution in [0.5, 0.6) is 0 Å². The molecule has 0 aliphatic heterocycles. The lowest BCUT2D eigenvalue weighted by molar-refractivity contribution is -0.137. The summed E-state index contributed by atoms with van der Waals surface area (Å²) in [5.41, 5.74) is 4.14. The van der Waals surface area contributed by atoms with Gasteiger partial charge >= 0.3 is 11.9 Å². The van der Waals surface area contributed by atoms with Gasteiger partial charge in [0.1, 0.15) is 6.54 Å².